The van der Waals surface area contributed by atoms with E-state index >= 15 is 0 Å². The fourth-order valence-corrected chi connectivity index (χ4v) is 0.508. The molecule has 62 valence electrons. The van der Waals surface area contributed by atoms with Gasteiger partial charge in [0.15, 0.2) is 0 Å². The number of carbonyl (C=O) groups is 1. The van der Waals surface area contributed by atoms with Crippen molar-refractivity contribution in [2.75, 3.05) is 13.2 Å². The molecule has 4 nitrogen and oxygen atoms in total. The Labute approximate surface area is 66.5 Å². The molecule has 0 aliphatic carbocycles. The van der Waals surface area contributed by atoms with Crippen LogP contribution in [-0.2, 0) is 18.6 Å². The van der Waals surface area contributed by atoms with Gasteiger partial charge in [-0.05, 0) is 11.5 Å². The van der Waals surface area contributed by atoms with Gasteiger partial charge in [0.25, 0.3) is 0 Å². The maximum Gasteiger partial charge on any atom is 0.494 e. The second kappa shape index (κ2) is 6.01. The topological polar surface area (TPSA) is 52.6 Å². The molecule has 1 atom stereocenters. The quantitative estimate of drug-likeness (QED) is 0.272. The molecule has 0 heterocycles. The highest BCUT2D eigenvalue weighted by atomic mass is 31.1. The van der Waals surface area contributed by atoms with Crippen LogP contribution in [-0.4, -0.2) is 19.2 Å². The molecule has 0 saturated carbocycles. The van der Waals surface area contributed by atoms with E-state index < -0.39 is 14.7 Å². The average molecular weight is 177 g/mol. The monoisotopic (exact) mass is 177 g/mol. The fraction of sp³-hybridized carbons (Fsp3) is 0.500. The van der Waals surface area contributed by atoms with Gasteiger partial charge in [-0.1, -0.05) is 6.58 Å². The van der Waals surface area contributed by atoms with Gasteiger partial charge in [-0.2, -0.15) is 0 Å². The van der Waals surface area contributed by atoms with Crippen LogP contribution in [0.4, 0.5) is 0 Å². The average Bonchev–Trinajstić information content (AvgIpc) is 1.97. The summed E-state index contributed by atoms with van der Waals surface area (Å²) in [6.45, 7) is 5.20. The summed E-state index contributed by atoms with van der Waals surface area (Å²) in [5, 5.41) is 0. The summed E-state index contributed by atoms with van der Waals surface area (Å²) < 4.78 is 18.8. The number of rotatable bonds is 5. The van der Waals surface area contributed by atoms with Gasteiger partial charge in [-0.15, -0.1) is 4.52 Å². The van der Waals surface area contributed by atoms with Crippen molar-refractivity contribution in [3.05, 3.63) is 12.2 Å². The molecule has 0 fully saturated rings. The Morgan fingerprint density at radius 2 is 2.18 bits per heavy atom. The molecule has 5 heteroatoms. The number of esters is 1. The number of hydrogen-bond donors (Lipinski definition) is 0. The maximum atomic E-state index is 10.7. The van der Waals surface area contributed by atoms with Crippen molar-refractivity contribution in [3.63, 3.8) is 0 Å². The van der Waals surface area contributed by atoms with Crippen LogP contribution in [0.25, 0.3) is 0 Å². The van der Waals surface area contributed by atoms with Crippen molar-refractivity contribution in [2.24, 2.45) is 0 Å². The Kier molecular flexibility index (Phi) is 5.61. The zero-order valence-corrected chi connectivity index (χ0v) is 7.25. The Morgan fingerprint density at radius 1 is 1.55 bits per heavy atom. The number of hydrogen-bond acceptors (Lipinski definition) is 4. The lowest BCUT2D eigenvalue weighted by Crippen LogP contribution is -2.08. The summed E-state index contributed by atoms with van der Waals surface area (Å²) in [6, 6.07) is 0. The lowest BCUT2D eigenvalue weighted by Gasteiger charge is -1.99. The van der Waals surface area contributed by atoms with E-state index in [-0.39, 0.29) is 13.2 Å². The third-order valence-corrected chi connectivity index (χ3v) is 1.15. The van der Waals surface area contributed by atoms with Crippen molar-refractivity contribution in [3.8, 4) is 0 Å². The molecule has 0 rings (SSSR count). The van der Waals surface area contributed by atoms with Crippen molar-refractivity contribution < 1.29 is 18.6 Å². The molecule has 0 aliphatic heterocycles. The predicted molar refractivity (Wildman–Crippen MR) is 40.7 cm³/mol. The van der Waals surface area contributed by atoms with Crippen LogP contribution in [0.3, 0.4) is 0 Å². The second-order valence-corrected chi connectivity index (χ2v) is 2.30. The number of ether oxygens (including phenoxy) is 1. The van der Waals surface area contributed by atoms with Gasteiger partial charge in [0.2, 0.25) is 0 Å². The molecule has 1 unspecified atom stereocenters. The van der Waals surface area contributed by atoms with Crippen molar-refractivity contribution >= 4 is 14.7 Å². The van der Waals surface area contributed by atoms with Gasteiger partial charge in [0, 0.05) is 5.57 Å². The summed E-state index contributed by atoms with van der Waals surface area (Å²) in [5.74, 6) is -0.456. The predicted octanol–water partition coefficient (Wildman–Crippen LogP) is 1.06. The summed E-state index contributed by atoms with van der Waals surface area (Å²) >= 11 is 0. The van der Waals surface area contributed by atoms with Crippen molar-refractivity contribution in [1.82, 2.24) is 0 Å². The Hall–Kier alpha value is -0.730. The highest BCUT2D eigenvalue weighted by molar-refractivity contribution is 7.17. The summed E-state index contributed by atoms with van der Waals surface area (Å²) in [6.07, 6.45) is 0. The fourth-order valence-electron chi connectivity index (χ4n) is 0.341. The minimum absolute atomic E-state index is 0.112. The molecule has 0 radical (unpaired) electrons. The first kappa shape index (κ1) is 10.3. The molecule has 0 aromatic rings. The first-order chi connectivity index (χ1) is 5.18. The molecule has 0 spiro atoms. The van der Waals surface area contributed by atoms with E-state index in [1.54, 1.807) is 6.92 Å². The lowest BCUT2D eigenvalue weighted by molar-refractivity contribution is -0.139. The van der Waals surface area contributed by atoms with Gasteiger partial charge in [0.1, 0.15) is 13.2 Å². The van der Waals surface area contributed by atoms with Crippen LogP contribution in [0.1, 0.15) is 6.92 Å². The molecule has 0 amide bonds. The minimum Gasteiger partial charge on any atom is -0.460 e. The van der Waals surface area contributed by atoms with E-state index in [9.17, 15) is 9.36 Å². The standard InChI is InChI=1S/C6H10O4P/c1-5(2)6(7)9-3-4-10-11-8/h11H,1,3-4H2,2H3/q+1. The smallest absolute Gasteiger partial charge is 0.460 e. The number of carbonyl (C=O) groups excluding carboxylic acids is 1. The molecular formula is C6H10O4P+. The summed E-state index contributed by atoms with van der Waals surface area (Å²) in [7, 11) is -0.808. The Bertz CT molecular complexity index is 166. The van der Waals surface area contributed by atoms with Gasteiger partial charge in [-0.25, -0.2) is 4.79 Å². The zero-order chi connectivity index (χ0) is 8.69. The first-order valence-corrected chi connectivity index (χ1v) is 3.81. The van der Waals surface area contributed by atoms with Crippen LogP contribution in [0.15, 0.2) is 12.2 Å². The Balaban J connectivity index is 3.31. The maximum absolute atomic E-state index is 10.7. The van der Waals surface area contributed by atoms with E-state index in [1.165, 1.54) is 0 Å². The largest absolute Gasteiger partial charge is 0.494 e. The van der Waals surface area contributed by atoms with Crippen LogP contribution < -0.4 is 0 Å². The highest BCUT2D eigenvalue weighted by Crippen LogP contribution is 1.95. The van der Waals surface area contributed by atoms with Gasteiger partial charge in [0.05, 0.1) is 0 Å². The lowest BCUT2D eigenvalue weighted by atomic mass is 10.4. The molecule has 0 aromatic carbocycles. The van der Waals surface area contributed by atoms with E-state index in [0.29, 0.717) is 5.57 Å². The second-order valence-electron chi connectivity index (χ2n) is 1.85. The van der Waals surface area contributed by atoms with E-state index in [0.717, 1.165) is 0 Å². The molecule has 0 aliphatic rings. The minimum atomic E-state index is -0.808. The Morgan fingerprint density at radius 3 is 2.64 bits per heavy atom. The van der Waals surface area contributed by atoms with Gasteiger partial charge >= 0.3 is 14.7 Å². The normalized spacial score (nSPS) is 9.55. The molecule has 0 bridgehead atoms. The highest BCUT2D eigenvalue weighted by Gasteiger charge is 2.02. The molecule has 0 saturated heterocycles. The summed E-state index contributed by atoms with van der Waals surface area (Å²) in [5.41, 5.74) is 0.342. The molecule has 0 aromatic heterocycles. The van der Waals surface area contributed by atoms with E-state index in [2.05, 4.69) is 15.8 Å². The van der Waals surface area contributed by atoms with Crippen molar-refractivity contribution in [2.45, 2.75) is 6.92 Å². The van der Waals surface area contributed by atoms with Crippen LogP contribution >= 0.6 is 8.69 Å². The first-order valence-electron chi connectivity index (χ1n) is 3.00. The van der Waals surface area contributed by atoms with E-state index in [4.69, 9.17) is 0 Å². The zero-order valence-electron chi connectivity index (χ0n) is 6.25. The third-order valence-electron chi connectivity index (χ3n) is 0.826. The van der Waals surface area contributed by atoms with Crippen molar-refractivity contribution in [1.29, 1.82) is 0 Å². The van der Waals surface area contributed by atoms with Gasteiger partial charge < -0.3 is 4.74 Å². The third kappa shape index (κ3) is 5.70. The molecule has 11 heavy (non-hydrogen) atoms. The van der Waals surface area contributed by atoms with Crippen LogP contribution in [0.5, 0.6) is 0 Å². The van der Waals surface area contributed by atoms with Crippen LogP contribution in [0.2, 0.25) is 0 Å². The van der Waals surface area contributed by atoms with Gasteiger partial charge in [-0.3, -0.25) is 0 Å². The molecular weight excluding hydrogens is 167 g/mol. The SMILES string of the molecule is C=C(C)C(=O)OCCO[PH+]=O. The summed E-state index contributed by atoms with van der Waals surface area (Å²) in [4.78, 5) is 10.7. The van der Waals surface area contributed by atoms with Crippen LogP contribution in [0, 0.1) is 0 Å². The molecule has 0 N–H and O–H groups in total. The van der Waals surface area contributed by atoms with E-state index in [1.807, 2.05) is 0 Å².